The summed E-state index contributed by atoms with van der Waals surface area (Å²) in [6, 6.07) is 19.0. The maximum atomic E-state index is 13.7. The highest BCUT2D eigenvalue weighted by Gasteiger charge is 2.48. The van der Waals surface area contributed by atoms with E-state index in [2.05, 4.69) is 24.0 Å². The number of aliphatic hydroxyl groups excluding tert-OH is 1. The molecule has 45 heavy (non-hydrogen) atoms. The van der Waals surface area contributed by atoms with Crippen molar-refractivity contribution in [1.29, 1.82) is 0 Å². The summed E-state index contributed by atoms with van der Waals surface area (Å²) in [4.78, 5) is 28.7. The minimum atomic E-state index is -0.975. The quantitative estimate of drug-likeness (QED) is 0.0532. The number of hydrogen-bond donors (Lipinski definition) is 1. The number of Topliss-reactive ketones (excluding diaryl/α,β-unsaturated/α-hetero) is 1. The van der Waals surface area contributed by atoms with Crippen LogP contribution in [0.5, 0.6) is 11.5 Å². The predicted molar refractivity (Wildman–Crippen MR) is 179 cm³/mol. The van der Waals surface area contributed by atoms with Gasteiger partial charge >= 0.3 is 5.91 Å². The Morgan fingerprint density at radius 3 is 2.44 bits per heavy atom. The molecule has 1 aliphatic heterocycles. The third-order valence-corrected chi connectivity index (χ3v) is 9.56. The fourth-order valence-electron chi connectivity index (χ4n) is 4.78. The second kappa shape index (κ2) is 14.5. The number of carbonyl (C=O) groups is 2. The standard InChI is InChI=1S/C34H34ClN3O5S2/c1-5-42-27-18-24(12-15-26(27)43-17-16-20(2)3)29-28(30(39)23-10-6-21(4)7-11-23)31(40)32(41)38(29)33-36-37-34(45-33)44-19-22-8-13-25(35)14-9-22/h6-15,18,20,29,39H,5,16-17,19H2,1-4H3. The zero-order chi connectivity index (χ0) is 32.1. The lowest BCUT2D eigenvalue weighted by atomic mass is 9.95. The van der Waals surface area contributed by atoms with E-state index in [1.807, 2.05) is 50.2 Å². The number of thioether (sulfide) groups is 1. The number of ether oxygens (including phenoxy) is 2. The molecule has 8 nitrogen and oxygen atoms in total. The van der Waals surface area contributed by atoms with Crippen LogP contribution in [0.4, 0.5) is 5.13 Å². The number of amides is 1. The van der Waals surface area contributed by atoms with Crippen LogP contribution in [-0.4, -0.2) is 40.2 Å². The Hall–Kier alpha value is -3.86. The number of benzene rings is 3. The van der Waals surface area contributed by atoms with Gasteiger partial charge in [-0.1, -0.05) is 96.6 Å². The van der Waals surface area contributed by atoms with E-state index < -0.39 is 17.7 Å². The van der Waals surface area contributed by atoms with E-state index in [0.29, 0.717) is 56.9 Å². The Labute approximate surface area is 276 Å². The zero-order valence-electron chi connectivity index (χ0n) is 25.5. The van der Waals surface area contributed by atoms with Gasteiger partial charge in [0.05, 0.1) is 24.8 Å². The van der Waals surface area contributed by atoms with E-state index in [0.717, 1.165) is 17.5 Å². The van der Waals surface area contributed by atoms with Gasteiger partial charge in [0.2, 0.25) is 5.13 Å². The van der Waals surface area contributed by atoms with Crippen molar-refractivity contribution in [3.05, 3.63) is 99.6 Å². The highest BCUT2D eigenvalue weighted by Crippen LogP contribution is 2.45. The number of hydrogen-bond acceptors (Lipinski definition) is 9. The molecule has 4 aromatic rings. The average molecular weight is 664 g/mol. The second-order valence-corrected chi connectivity index (χ2v) is 13.6. The fourth-order valence-corrected chi connectivity index (χ4v) is 6.73. The minimum Gasteiger partial charge on any atom is -0.507 e. The smallest absolute Gasteiger partial charge is 0.301 e. The van der Waals surface area contributed by atoms with Crippen LogP contribution in [0, 0.1) is 12.8 Å². The minimum absolute atomic E-state index is 0.0367. The van der Waals surface area contributed by atoms with Gasteiger partial charge in [-0.15, -0.1) is 10.2 Å². The number of aromatic nitrogens is 2. The molecule has 5 rings (SSSR count). The molecule has 1 aromatic heterocycles. The molecule has 1 N–H and O–H groups in total. The topological polar surface area (TPSA) is 102 Å². The van der Waals surface area contributed by atoms with Gasteiger partial charge in [0.1, 0.15) is 5.76 Å². The number of rotatable bonds is 12. The molecule has 1 saturated heterocycles. The molecule has 1 atom stereocenters. The van der Waals surface area contributed by atoms with Crippen molar-refractivity contribution in [2.24, 2.45) is 5.92 Å². The lowest BCUT2D eigenvalue weighted by molar-refractivity contribution is -0.132. The van der Waals surface area contributed by atoms with Crippen molar-refractivity contribution < 1.29 is 24.2 Å². The van der Waals surface area contributed by atoms with Crippen LogP contribution in [0.25, 0.3) is 5.76 Å². The molecule has 0 aliphatic carbocycles. The molecule has 0 spiro atoms. The van der Waals surface area contributed by atoms with Crippen molar-refractivity contribution in [1.82, 2.24) is 10.2 Å². The van der Waals surface area contributed by atoms with E-state index in [-0.39, 0.29) is 16.5 Å². The van der Waals surface area contributed by atoms with Crippen molar-refractivity contribution >= 4 is 57.3 Å². The average Bonchev–Trinajstić information content (AvgIpc) is 3.59. The van der Waals surface area contributed by atoms with Gasteiger partial charge in [0.15, 0.2) is 15.8 Å². The van der Waals surface area contributed by atoms with Crippen LogP contribution in [0.2, 0.25) is 5.02 Å². The summed E-state index contributed by atoms with van der Waals surface area (Å²) in [5.41, 5.74) is 3.01. The largest absolute Gasteiger partial charge is 0.507 e. The summed E-state index contributed by atoms with van der Waals surface area (Å²) in [6.07, 6.45) is 0.874. The van der Waals surface area contributed by atoms with Crippen LogP contribution in [-0.2, 0) is 15.3 Å². The molecule has 0 bridgehead atoms. The lowest BCUT2D eigenvalue weighted by Gasteiger charge is -2.24. The first-order valence-electron chi connectivity index (χ1n) is 14.6. The number of aliphatic hydroxyl groups is 1. The van der Waals surface area contributed by atoms with E-state index in [1.165, 1.54) is 28.0 Å². The molecule has 1 fully saturated rings. The van der Waals surface area contributed by atoms with Gasteiger partial charge < -0.3 is 14.6 Å². The first kappa shape index (κ1) is 32.5. The maximum Gasteiger partial charge on any atom is 0.301 e. The lowest BCUT2D eigenvalue weighted by Crippen LogP contribution is -2.29. The molecule has 0 radical (unpaired) electrons. The number of ketones is 1. The van der Waals surface area contributed by atoms with E-state index in [4.69, 9.17) is 21.1 Å². The number of halogens is 1. The Kier molecular flexibility index (Phi) is 10.5. The van der Waals surface area contributed by atoms with Crippen molar-refractivity contribution in [2.75, 3.05) is 18.1 Å². The normalized spacial score (nSPS) is 16.0. The highest BCUT2D eigenvalue weighted by atomic mass is 35.5. The molecule has 0 saturated carbocycles. The fraction of sp³-hybridized carbons (Fsp3) is 0.294. The van der Waals surface area contributed by atoms with Crippen LogP contribution < -0.4 is 14.4 Å². The summed E-state index contributed by atoms with van der Waals surface area (Å²) in [5, 5.41) is 21.0. The van der Waals surface area contributed by atoms with E-state index in [9.17, 15) is 14.7 Å². The van der Waals surface area contributed by atoms with E-state index in [1.54, 1.807) is 30.3 Å². The maximum absolute atomic E-state index is 13.7. The van der Waals surface area contributed by atoms with Gasteiger partial charge in [-0.25, -0.2) is 0 Å². The molecule has 3 aromatic carbocycles. The molecular formula is C34H34ClN3O5S2. The SMILES string of the molecule is CCOc1cc(C2C(=C(O)c3ccc(C)cc3)C(=O)C(=O)N2c2nnc(SCc3ccc(Cl)cc3)s2)ccc1OCCC(C)C. The molecule has 234 valence electrons. The molecule has 1 unspecified atom stereocenters. The Balaban J connectivity index is 1.55. The summed E-state index contributed by atoms with van der Waals surface area (Å²) in [7, 11) is 0. The van der Waals surface area contributed by atoms with Crippen LogP contribution >= 0.6 is 34.7 Å². The number of aryl methyl sites for hydroxylation is 1. The zero-order valence-corrected chi connectivity index (χ0v) is 27.8. The molecule has 1 aliphatic rings. The van der Waals surface area contributed by atoms with Gasteiger partial charge in [-0.3, -0.25) is 14.5 Å². The van der Waals surface area contributed by atoms with Crippen molar-refractivity contribution in [3.8, 4) is 11.5 Å². The molecule has 2 heterocycles. The summed E-state index contributed by atoms with van der Waals surface area (Å²) < 4.78 is 12.6. The predicted octanol–water partition coefficient (Wildman–Crippen LogP) is 8.24. The first-order chi connectivity index (χ1) is 21.7. The van der Waals surface area contributed by atoms with Crippen molar-refractivity contribution in [3.63, 3.8) is 0 Å². The monoisotopic (exact) mass is 663 g/mol. The van der Waals surface area contributed by atoms with Crippen LogP contribution in [0.3, 0.4) is 0 Å². The number of anilines is 1. The third kappa shape index (κ3) is 7.52. The Morgan fingerprint density at radius 2 is 1.76 bits per heavy atom. The summed E-state index contributed by atoms with van der Waals surface area (Å²) >= 11 is 8.69. The van der Waals surface area contributed by atoms with Gasteiger partial charge in [0.25, 0.3) is 5.78 Å². The Bertz CT molecular complexity index is 1700. The molecule has 11 heteroatoms. The number of carbonyl (C=O) groups excluding carboxylic acids is 2. The first-order valence-corrected chi connectivity index (χ1v) is 16.8. The highest BCUT2D eigenvalue weighted by molar-refractivity contribution is 8.00. The van der Waals surface area contributed by atoms with Crippen LogP contribution in [0.1, 0.15) is 55.5 Å². The van der Waals surface area contributed by atoms with Gasteiger partial charge in [-0.2, -0.15) is 0 Å². The number of nitrogens with zero attached hydrogens (tertiary/aromatic N) is 3. The third-order valence-electron chi connectivity index (χ3n) is 7.18. The van der Waals surface area contributed by atoms with E-state index >= 15 is 0 Å². The summed E-state index contributed by atoms with van der Waals surface area (Å²) in [5.74, 6) is 0.274. The van der Waals surface area contributed by atoms with Crippen LogP contribution in [0.15, 0.2) is 76.6 Å². The summed E-state index contributed by atoms with van der Waals surface area (Å²) in [6.45, 7) is 8.96. The molecule has 1 amide bonds. The van der Waals surface area contributed by atoms with Gasteiger partial charge in [-0.05, 0) is 61.6 Å². The Morgan fingerprint density at radius 1 is 1.02 bits per heavy atom. The second-order valence-electron chi connectivity index (χ2n) is 11.0. The van der Waals surface area contributed by atoms with Crippen molar-refractivity contribution in [2.45, 2.75) is 50.3 Å². The van der Waals surface area contributed by atoms with Gasteiger partial charge in [0, 0.05) is 16.3 Å². The molecular weight excluding hydrogens is 630 g/mol.